The van der Waals surface area contributed by atoms with E-state index >= 15 is 0 Å². The molecule has 8 nitrogen and oxygen atoms in total. The Hall–Kier alpha value is -2.61. The zero-order valence-electron chi connectivity index (χ0n) is 12.9. The summed E-state index contributed by atoms with van der Waals surface area (Å²) in [5.74, 6) is -2.12. The summed E-state index contributed by atoms with van der Waals surface area (Å²) in [7, 11) is 0. The van der Waals surface area contributed by atoms with Crippen LogP contribution < -0.4 is 0 Å². The zero-order chi connectivity index (χ0) is 17.3. The third-order valence-corrected chi connectivity index (χ3v) is 4.28. The second kappa shape index (κ2) is 6.48. The monoisotopic (exact) mass is 332 g/mol. The molecule has 0 N–H and O–H groups in total. The molecule has 126 valence electrons. The van der Waals surface area contributed by atoms with E-state index in [1.54, 1.807) is 0 Å². The number of rotatable bonds is 4. The summed E-state index contributed by atoms with van der Waals surface area (Å²) >= 11 is 0. The van der Waals surface area contributed by atoms with Crippen LogP contribution in [0.4, 0.5) is 5.69 Å². The summed E-state index contributed by atoms with van der Waals surface area (Å²) < 4.78 is 5.53. The Morgan fingerprint density at radius 1 is 1.25 bits per heavy atom. The number of non-ortho nitro benzene ring substituents is 1. The number of imide groups is 3. The first kappa shape index (κ1) is 16.3. The molecule has 8 heteroatoms. The molecule has 0 bridgehead atoms. The number of carbonyl (C=O) groups is 3. The zero-order valence-corrected chi connectivity index (χ0v) is 12.9. The summed E-state index contributed by atoms with van der Waals surface area (Å²) in [6, 6.07) is 3.40. The number of nitrogens with zero attached hydrogens (tertiary/aromatic N) is 2. The highest BCUT2D eigenvalue weighted by Gasteiger charge is 2.40. The van der Waals surface area contributed by atoms with Crippen molar-refractivity contribution in [1.29, 1.82) is 0 Å². The maximum Gasteiger partial charge on any atom is 0.270 e. The van der Waals surface area contributed by atoms with Crippen molar-refractivity contribution in [3.8, 4) is 0 Å². The van der Waals surface area contributed by atoms with Crippen molar-refractivity contribution in [2.45, 2.75) is 38.2 Å². The van der Waals surface area contributed by atoms with Crippen molar-refractivity contribution in [1.82, 2.24) is 4.90 Å². The van der Waals surface area contributed by atoms with Crippen molar-refractivity contribution in [2.75, 3.05) is 6.61 Å². The van der Waals surface area contributed by atoms with Crippen molar-refractivity contribution in [3.05, 3.63) is 39.4 Å². The van der Waals surface area contributed by atoms with Gasteiger partial charge in [0.2, 0.25) is 5.91 Å². The minimum Gasteiger partial charge on any atom is -0.378 e. The van der Waals surface area contributed by atoms with Gasteiger partial charge in [0.25, 0.3) is 17.5 Å². The molecule has 2 heterocycles. The van der Waals surface area contributed by atoms with Crippen molar-refractivity contribution >= 4 is 23.4 Å². The standard InChI is InChI=1S/C16H16N2O6/c19-14(7-5-11-3-1-2-8-24-11)17-15(20)12-6-4-10(18(22)23)9-13(12)16(17)21/h4,6,9,11H,1-3,5,7-8H2. The average molecular weight is 332 g/mol. The van der Waals surface area contributed by atoms with E-state index < -0.39 is 22.6 Å². The van der Waals surface area contributed by atoms with Gasteiger partial charge in [-0.3, -0.25) is 24.5 Å². The lowest BCUT2D eigenvalue weighted by Gasteiger charge is -2.22. The van der Waals surface area contributed by atoms with Gasteiger partial charge in [-0.2, -0.15) is 0 Å². The highest BCUT2D eigenvalue weighted by Crippen LogP contribution is 2.28. The first-order valence-corrected chi connectivity index (χ1v) is 7.80. The molecule has 0 spiro atoms. The topological polar surface area (TPSA) is 107 Å². The average Bonchev–Trinajstić information content (AvgIpc) is 2.84. The third-order valence-electron chi connectivity index (χ3n) is 4.28. The van der Waals surface area contributed by atoms with Crippen LogP contribution in [0.15, 0.2) is 18.2 Å². The Morgan fingerprint density at radius 3 is 2.67 bits per heavy atom. The van der Waals surface area contributed by atoms with Crippen molar-refractivity contribution < 1.29 is 24.0 Å². The summed E-state index contributed by atoms with van der Waals surface area (Å²) in [6.45, 7) is 0.662. The van der Waals surface area contributed by atoms with E-state index in [4.69, 9.17) is 4.74 Å². The van der Waals surface area contributed by atoms with Crippen LogP contribution in [0.2, 0.25) is 0 Å². The van der Waals surface area contributed by atoms with E-state index in [2.05, 4.69) is 0 Å². The van der Waals surface area contributed by atoms with E-state index in [1.165, 1.54) is 6.07 Å². The summed E-state index contributed by atoms with van der Waals surface area (Å²) in [5.41, 5.74) is -0.371. The largest absolute Gasteiger partial charge is 0.378 e. The van der Waals surface area contributed by atoms with E-state index in [9.17, 15) is 24.5 Å². The third kappa shape index (κ3) is 2.92. The summed E-state index contributed by atoms with van der Waals surface area (Å²) in [6.07, 6.45) is 3.35. The van der Waals surface area contributed by atoms with Crippen LogP contribution in [-0.4, -0.2) is 40.3 Å². The van der Waals surface area contributed by atoms with E-state index in [1.807, 2.05) is 0 Å². The molecule has 1 saturated heterocycles. The molecule has 1 aromatic carbocycles. The number of ether oxygens (including phenoxy) is 1. The molecule has 1 aromatic rings. The Morgan fingerprint density at radius 2 is 2.00 bits per heavy atom. The lowest BCUT2D eigenvalue weighted by atomic mass is 10.0. The Balaban J connectivity index is 1.72. The molecule has 1 atom stereocenters. The van der Waals surface area contributed by atoms with Crippen molar-refractivity contribution in [2.24, 2.45) is 0 Å². The molecule has 24 heavy (non-hydrogen) atoms. The van der Waals surface area contributed by atoms with Crippen LogP contribution in [0, 0.1) is 10.1 Å². The minimum absolute atomic E-state index is 0.0212. The van der Waals surface area contributed by atoms with Gasteiger partial charge < -0.3 is 4.74 Å². The van der Waals surface area contributed by atoms with Crippen LogP contribution in [0.3, 0.4) is 0 Å². The number of hydrogen-bond donors (Lipinski definition) is 0. The van der Waals surface area contributed by atoms with Gasteiger partial charge in [0.15, 0.2) is 0 Å². The highest BCUT2D eigenvalue weighted by molar-refractivity contribution is 6.29. The molecule has 3 rings (SSSR count). The first-order chi connectivity index (χ1) is 11.5. The van der Waals surface area contributed by atoms with Gasteiger partial charge in [0.1, 0.15) is 0 Å². The molecule has 1 unspecified atom stereocenters. The number of hydrogen-bond acceptors (Lipinski definition) is 6. The predicted octanol–water partition coefficient (Wildman–Crippen LogP) is 2.07. The summed E-state index contributed by atoms with van der Waals surface area (Å²) in [5, 5.41) is 10.8. The van der Waals surface area contributed by atoms with Gasteiger partial charge >= 0.3 is 0 Å². The SMILES string of the molecule is O=C(CCC1CCCCO1)N1C(=O)c2ccc([N+](=O)[O-])cc2C1=O. The van der Waals surface area contributed by atoms with E-state index in [0.29, 0.717) is 17.9 Å². The van der Waals surface area contributed by atoms with Gasteiger partial charge in [-0.1, -0.05) is 0 Å². The Kier molecular flexibility index (Phi) is 4.39. The van der Waals surface area contributed by atoms with Gasteiger partial charge in [-0.25, -0.2) is 4.90 Å². The first-order valence-electron chi connectivity index (χ1n) is 7.80. The smallest absolute Gasteiger partial charge is 0.270 e. The Bertz CT molecular complexity index is 723. The van der Waals surface area contributed by atoms with Gasteiger partial charge in [0, 0.05) is 25.2 Å². The number of carbonyl (C=O) groups excluding carboxylic acids is 3. The molecule has 0 saturated carbocycles. The lowest BCUT2D eigenvalue weighted by Crippen LogP contribution is -2.36. The molecular formula is C16H16N2O6. The molecular weight excluding hydrogens is 316 g/mol. The number of amides is 3. The number of nitro benzene ring substituents is 1. The minimum atomic E-state index is -0.798. The fraction of sp³-hybridized carbons (Fsp3) is 0.438. The number of fused-ring (bicyclic) bond motifs is 1. The fourth-order valence-electron chi connectivity index (χ4n) is 3.00. The maximum absolute atomic E-state index is 12.3. The highest BCUT2D eigenvalue weighted by atomic mass is 16.6. The van der Waals surface area contributed by atoms with Crippen LogP contribution in [-0.2, 0) is 9.53 Å². The van der Waals surface area contributed by atoms with Crippen molar-refractivity contribution in [3.63, 3.8) is 0 Å². The molecule has 0 aromatic heterocycles. The molecule has 1 fully saturated rings. The Labute approximate surface area is 137 Å². The lowest BCUT2D eigenvalue weighted by molar-refractivity contribution is -0.384. The molecule has 0 radical (unpaired) electrons. The second-order valence-corrected chi connectivity index (χ2v) is 5.85. The molecule has 2 aliphatic rings. The van der Waals surface area contributed by atoms with Crippen LogP contribution >= 0.6 is 0 Å². The normalized spacial score (nSPS) is 20.2. The van der Waals surface area contributed by atoms with Gasteiger partial charge in [0.05, 0.1) is 22.2 Å². The summed E-state index contributed by atoms with van der Waals surface area (Å²) in [4.78, 5) is 47.6. The molecule has 0 aliphatic carbocycles. The van der Waals surface area contributed by atoms with Gasteiger partial charge in [-0.05, 0) is 31.7 Å². The second-order valence-electron chi connectivity index (χ2n) is 5.85. The van der Waals surface area contributed by atoms with Crippen LogP contribution in [0.1, 0.15) is 52.8 Å². The van der Waals surface area contributed by atoms with E-state index in [0.717, 1.165) is 31.4 Å². The molecule has 2 aliphatic heterocycles. The number of benzene rings is 1. The maximum atomic E-state index is 12.3. The quantitative estimate of drug-likeness (QED) is 0.474. The van der Waals surface area contributed by atoms with E-state index in [-0.39, 0.29) is 29.3 Å². The fourth-order valence-corrected chi connectivity index (χ4v) is 3.00. The van der Waals surface area contributed by atoms with Crippen LogP contribution in [0.25, 0.3) is 0 Å². The predicted molar refractivity (Wildman–Crippen MR) is 81.4 cm³/mol. The van der Waals surface area contributed by atoms with Gasteiger partial charge in [-0.15, -0.1) is 0 Å². The molecule has 3 amide bonds. The number of nitro groups is 1. The van der Waals surface area contributed by atoms with Crippen LogP contribution in [0.5, 0.6) is 0 Å².